The third kappa shape index (κ3) is 5.31. The average Bonchev–Trinajstić information content (AvgIpc) is 2.66. The molecule has 0 aromatic heterocycles. The number of hydrogen-bond acceptors (Lipinski definition) is 4. The molecule has 3 unspecified atom stereocenters. The molecule has 27 heavy (non-hydrogen) atoms. The molecule has 0 spiro atoms. The first-order chi connectivity index (χ1) is 13.0. The van der Waals surface area contributed by atoms with Gasteiger partial charge in [-0.15, -0.1) is 0 Å². The molecule has 1 heterocycles. The SMILES string of the molecule is CC1CN(c2ccccc2NC(=O)C(C)OCc2ccccc2)CC(C)O1. The molecule has 3 rings (SSSR count). The zero-order valence-corrected chi connectivity index (χ0v) is 16.2. The van der Waals surface area contributed by atoms with Crippen LogP contribution in [0.1, 0.15) is 26.3 Å². The van der Waals surface area contributed by atoms with Crippen molar-refractivity contribution in [3.63, 3.8) is 0 Å². The van der Waals surface area contributed by atoms with Gasteiger partial charge in [0.25, 0.3) is 5.91 Å². The molecular weight excluding hydrogens is 340 g/mol. The lowest BCUT2D eigenvalue weighted by Gasteiger charge is -2.37. The molecule has 0 aliphatic carbocycles. The van der Waals surface area contributed by atoms with Crippen LogP contribution in [0.4, 0.5) is 11.4 Å². The van der Waals surface area contributed by atoms with Gasteiger partial charge >= 0.3 is 0 Å². The summed E-state index contributed by atoms with van der Waals surface area (Å²) >= 11 is 0. The Morgan fingerprint density at radius 1 is 1.11 bits per heavy atom. The van der Waals surface area contributed by atoms with Crippen LogP contribution in [0.25, 0.3) is 0 Å². The Morgan fingerprint density at radius 3 is 2.44 bits per heavy atom. The van der Waals surface area contributed by atoms with Gasteiger partial charge in [-0.25, -0.2) is 0 Å². The molecular formula is C22H28N2O3. The summed E-state index contributed by atoms with van der Waals surface area (Å²) in [7, 11) is 0. The van der Waals surface area contributed by atoms with E-state index in [9.17, 15) is 4.79 Å². The zero-order valence-electron chi connectivity index (χ0n) is 16.2. The Balaban J connectivity index is 1.63. The highest BCUT2D eigenvalue weighted by Gasteiger charge is 2.24. The van der Waals surface area contributed by atoms with E-state index in [1.807, 2.05) is 54.6 Å². The molecule has 144 valence electrons. The quantitative estimate of drug-likeness (QED) is 0.842. The molecule has 2 aromatic rings. The minimum atomic E-state index is -0.541. The number of rotatable bonds is 6. The summed E-state index contributed by atoms with van der Waals surface area (Å²) in [6.07, 6.45) is -0.225. The van der Waals surface area contributed by atoms with Gasteiger partial charge in [-0.2, -0.15) is 0 Å². The minimum absolute atomic E-state index is 0.146. The van der Waals surface area contributed by atoms with E-state index < -0.39 is 6.10 Å². The van der Waals surface area contributed by atoms with Crippen LogP contribution >= 0.6 is 0 Å². The van der Waals surface area contributed by atoms with Crippen LogP contribution in [0, 0.1) is 0 Å². The summed E-state index contributed by atoms with van der Waals surface area (Å²) in [5.74, 6) is -0.146. The Hall–Kier alpha value is -2.37. The Bertz CT molecular complexity index is 740. The van der Waals surface area contributed by atoms with Crippen molar-refractivity contribution in [2.45, 2.75) is 45.7 Å². The number of hydrogen-bond donors (Lipinski definition) is 1. The first kappa shape index (κ1) is 19.4. The normalized spacial score (nSPS) is 20.9. The second kappa shape index (κ2) is 9.02. The highest BCUT2D eigenvalue weighted by molar-refractivity contribution is 5.97. The highest BCUT2D eigenvalue weighted by Crippen LogP contribution is 2.28. The molecule has 3 atom stereocenters. The van der Waals surface area contributed by atoms with Gasteiger partial charge in [0, 0.05) is 13.1 Å². The molecule has 5 nitrogen and oxygen atoms in total. The van der Waals surface area contributed by atoms with Crippen molar-refractivity contribution in [1.29, 1.82) is 0 Å². The molecule has 1 aliphatic rings. The number of morpholine rings is 1. The standard InChI is InChI=1S/C22H28N2O3/c1-16-13-24(14-17(2)27-16)21-12-8-7-11-20(21)23-22(25)18(3)26-15-19-9-5-4-6-10-19/h4-12,16-18H,13-15H2,1-3H3,(H,23,25). The van der Waals surface area contributed by atoms with Crippen LogP contribution in [0.3, 0.4) is 0 Å². The van der Waals surface area contributed by atoms with Crippen LogP contribution < -0.4 is 10.2 Å². The predicted octanol–water partition coefficient (Wildman–Crippen LogP) is 3.84. The van der Waals surface area contributed by atoms with E-state index in [0.29, 0.717) is 6.61 Å². The first-order valence-corrected chi connectivity index (χ1v) is 9.48. The largest absolute Gasteiger partial charge is 0.372 e. The number of amides is 1. The topological polar surface area (TPSA) is 50.8 Å². The smallest absolute Gasteiger partial charge is 0.253 e. The molecule has 0 saturated carbocycles. The average molecular weight is 368 g/mol. The van der Waals surface area contributed by atoms with Crippen molar-refractivity contribution >= 4 is 17.3 Å². The van der Waals surface area contributed by atoms with Gasteiger partial charge in [-0.1, -0.05) is 42.5 Å². The van der Waals surface area contributed by atoms with Crippen molar-refractivity contribution in [3.8, 4) is 0 Å². The molecule has 1 N–H and O–H groups in total. The fourth-order valence-corrected chi connectivity index (χ4v) is 3.34. The maximum Gasteiger partial charge on any atom is 0.253 e. The van der Waals surface area contributed by atoms with Crippen LogP contribution in [-0.2, 0) is 20.9 Å². The monoisotopic (exact) mass is 368 g/mol. The highest BCUT2D eigenvalue weighted by atomic mass is 16.5. The van der Waals surface area contributed by atoms with E-state index in [4.69, 9.17) is 9.47 Å². The van der Waals surface area contributed by atoms with Gasteiger partial charge in [0.1, 0.15) is 6.10 Å². The molecule has 1 aliphatic heterocycles. The Kier molecular flexibility index (Phi) is 6.48. The summed E-state index contributed by atoms with van der Waals surface area (Å²) in [5.41, 5.74) is 2.87. The third-order valence-electron chi connectivity index (χ3n) is 4.63. The number of ether oxygens (including phenoxy) is 2. The van der Waals surface area contributed by atoms with Gasteiger partial charge in [-0.05, 0) is 38.5 Å². The zero-order chi connectivity index (χ0) is 19.2. The maximum absolute atomic E-state index is 12.6. The van der Waals surface area contributed by atoms with Crippen LogP contribution in [0.15, 0.2) is 54.6 Å². The molecule has 1 saturated heterocycles. The summed E-state index contributed by atoms with van der Waals surface area (Å²) in [6, 6.07) is 17.8. The van der Waals surface area contributed by atoms with E-state index in [-0.39, 0.29) is 18.1 Å². The number of nitrogens with zero attached hydrogens (tertiary/aromatic N) is 1. The predicted molar refractivity (Wildman–Crippen MR) is 108 cm³/mol. The van der Waals surface area contributed by atoms with Crippen molar-refractivity contribution in [2.75, 3.05) is 23.3 Å². The summed E-state index contributed by atoms with van der Waals surface area (Å²) < 4.78 is 11.6. The van der Waals surface area contributed by atoms with Crippen LogP contribution in [-0.4, -0.2) is 37.3 Å². The van der Waals surface area contributed by atoms with Crippen molar-refractivity contribution in [1.82, 2.24) is 0 Å². The number of carbonyl (C=O) groups excluding carboxylic acids is 1. The fourth-order valence-electron chi connectivity index (χ4n) is 3.34. The molecule has 1 fully saturated rings. The summed E-state index contributed by atoms with van der Waals surface area (Å²) in [6.45, 7) is 7.94. The van der Waals surface area contributed by atoms with Crippen LogP contribution in [0.2, 0.25) is 0 Å². The maximum atomic E-state index is 12.6. The van der Waals surface area contributed by atoms with Gasteiger partial charge < -0.3 is 19.7 Å². The first-order valence-electron chi connectivity index (χ1n) is 9.48. The Morgan fingerprint density at radius 2 is 1.74 bits per heavy atom. The Labute approximate surface area is 161 Å². The van der Waals surface area contributed by atoms with Gasteiger partial charge in [0.05, 0.1) is 30.2 Å². The van der Waals surface area contributed by atoms with Gasteiger partial charge in [0.15, 0.2) is 0 Å². The fraction of sp³-hybridized carbons (Fsp3) is 0.409. The van der Waals surface area contributed by atoms with Crippen LogP contribution in [0.5, 0.6) is 0 Å². The molecule has 2 aromatic carbocycles. The molecule has 0 bridgehead atoms. The lowest BCUT2D eigenvalue weighted by atomic mass is 10.1. The number of carbonyl (C=O) groups is 1. The third-order valence-corrected chi connectivity index (χ3v) is 4.63. The number of benzene rings is 2. The van der Waals surface area contributed by atoms with Crippen molar-refractivity contribution in [3.05, 3.63) is 60.2 Å². The van der Waals surface area contributed by atoms with E-state index in [1.165, 1.54) is 0 Å². The van der Waals surface area contributed by atoms with E-state index in [1.54, 1.807) is 6.92 Å². The van der Waals surface area contributed by atoms with Crippen molar-refractivity contribution < 1.29 is 14.3 Å². The second-order valence-corrected chi connectivity index (χ2v) is 7.11. The van der Waals surface area contributed by atoms with E-state index in [0.717, 1.165) is 30.0 Å². The molecule has 5 heteroatoms. The van der Waals surface area contributed by atoms with E-state index >= 15 is 0 Å². The number of nitrogens with one attached hydrogen (secondary N) is 1. The number of para-hydroxylation sites is 2. The second-order valence-electron chi connectivity index (χ2n) is 7.11. The van der Waals surface area contributed by atoms with E-state index in [2.05, 4.69) is 24.1 Å². The molecule has 0 radical (unpaired) electrons. The van der Waals surface area contributed by atoms with Gasteiger partial charge in [0.2, 0.25) is 0 Å². The minimum Gasteiger partial charge on any atom is -0.372 e. The molecule has 1 amide bonds. The summed E-state index contributed by atoms with van der Waals surface area (Å²) in [5, 5.41) is 3.03. The van der Waals surface area contributed by atoms with Crippen molar-refractivity contribution in [2.24, 2.45) is 0 Å². The summed E-state index contributed by atoms with van der Waals surface area (Å²) in [4.78, 5) is 14.9. The number of anilines is 2. The lowest BCUT2D eigenvalue weighted by Crippen LogP contribution is -2.45. The lowest BCUT2D eigenvalue weighted by molar-refractivity contribution is -0.127. The van der Waals surface area contributed by atoms with Gasteiger partial charge in [-0.3, -0.25) is 4.79 Å².